The van der Waals surface area contributed by atoms with Gasteiger partial charge in [0.2, 0.25) is 0 Å². The fourth-order valence-corrected chi connectivity index (χ4v) is 2.95. The molecule has 0 fully saturated rings. The van der Waals surface area contributed by atoms with Gasteiger partial charge in [0.15, 0.2) is 0 Å². The van der Waals surface area contributed by atoms with Crippen molar-refractivity contribution in [3.8, 4) is 0 Å². The molecule has 1 nitrogen and oxygen atoms in total. The molecule has 19 heavy (non-hydrogen) atoms. The molecule has 0 aliphatic rings. The Morgan fingerprint density at radius 1 is 1.11 bits per heavy atom. The van der Waals surface area contributed by atoms with Crippen LogP contribution in [0.4, 0.5) is 0 Å². The van der Waals surface area contributed by atoms with E-state index in [4.69, 9.17) is 23.2 Å². The zero-order valence-electron chi connectivity index (χ0n) is 10.3. The predicted octanol–water partition coefficient (Wildman–Crippen LogP) is 5.34. The van der Waals surface area contributed by atoms with Gasteiger partial charge in [-0.25, -0.2) is 0 Å². The van der Waals surface area contributed by atoms with E-state index in [1.165, 1.54) is 0 Å². The number of aliphatic hydroxyl groups excluding tert-OH is 1. The molecule has 1 N–H and O–H groups in total. The predicted molar refractivity (Wildman–Crippen MR) is 84.0 cm³/mol. The van der Waals surface area contributed by atoms with Crippen LogP contribution in [-0.2, 0) is 6.42 Å². The summed E-state index contributed by atoms with van der Waals surface area (Å²) >= 11 is 15.7. The van der Waals surface area contributed by atoms with Gasteiger partial charge in [0.25, 0.3) is 0 Å². The third-order valence-corrected chi connectivity index (χ3v) is 4.70. The Morgan fingerprint density at radius 2 is 1.68 bits per heavy atom. The molecule has 0 bridgehead atoms. The van der Waals surface area contributed by atoms with Crippen LogP contribution in [0.2, 0.25) is 10.0 Å². The average Bonchev–Trinajstić information content (AvgIpc) is 2.37. The first-order valence-electron chi connectivity index (χ1n) is 5.86. The summed E-state index contributed by atoms with van der Waals surface area (Å²) in [6.45, 7) is 1.97. The van der Waals surface area contributed by atoms with Crippen molar-refractivity contribution in [2.24, 2.45) is 0 Å². The molecule has 2 aromatic rings. The first-order valence-corrected chi connectivity index (χ1v) is 7.41. The van der Waals surface area contributed by atoms with E-state index in [9.17, 15) is 5.11 Å². The quantitative estimate of drug-likeness (QED) is 0.784. The van der Waals surface area contributed by atoms with Gasteiger partial charge in [-0.15, -0.1) is 0 Å². The summed E-state index contributed by atoms with van der Waals surface area (Å²) in [5.74, 6) is 0. The van der Waals surface area contributed by atoms with E-state index in [0.717, 1.165) is 21.2 Å². The van der Waals surface area contributed by atoms with E-state index in [-0.39, 0.29) is 0 Å². The third kappa shape index (κ3) is 3.32. The summed E-state index contributed by atoms with van der Waals surface area (Å²) in [7, 11) is 0. The Bertz CT molecular complexity index is 578. The number of hydrogen-bond donors (Lipinski definition) is 1. The monoisotopic (exact) mass is 358 g/mol. The van der Waals surface area contributed by atoms with Gasteiger partial charge in [-0.3, -0.25) is 0 Å². The van der Waals surface area contributed by atoms with Gasteiger partial charge in [0.1, 0.15) is 0 Å². The molecule has 0 saturated carbocycles. The second-order valence-electron chi connectivity index (χ2n) is 4.37. The molecule has 1 unspecified atom stereocenters. The Labute approximate surface area is 131 Å². The first kappa shape index (κ1) is 14.9. The van der Waals surface area contributed by atoms with Crippen molar-refractivity contribution >= 4 is 39.1 Å². The molecule has 2 rings (SSSR count). The van der Waals surface area contributed by atoms with Gasteiger partial charge in [-0.2, -0.15) is 0 Å². The zero-order chi connectivity index (χ0) is 14.0. The maximum atomic E-state index is 10.4. The van der Waals surface area contributed by atoms with Crippen LogP contribution >= 0.6 is 39.1 Å². The molecular weight excluding hydrogens is 347 g/mol. The lowest BCUT2D eigenvalue weighted by Gasteiger charge is -2.16. The minimum Gasteiger partial charge on any atom is -0.388 e. The highest BCUT2D eigenvalue weighted by Crippen LogP contribution is 2.31. The lowest BCUT2D eigenvalue weighted by atomic mass is 9.98. The van der Waals surface area contributed by atoms with Crippen molar-refractivity contribution in [3.05, 3.63) is 67.6 Å². The van der Waals surface area contributed by atoms with Crippen molar-refractivity contribution in [3.63, 3.8) is 0 Å². The van der Waals surface area contributed by atoms with E-state index in [0.29, 0.717) is 16.5 Å². The molecule has 0 radical (unpaired) electrons. The summed E-state index contributed by atoms with van der Waals surface area (Å²) in [6.07, 6.45) is -0.231. The molecule has 100 valence electrons. The largest absolute Gasteiger partial charge is 0.388 e. The smallest absolute Gasteiger partial charge is 0.0834 e. The number of rotatable bonds is 3. The Balaban J connectivity index is 2.31. The van der Waals surface area contributed by atoms with E-state index >= 15 is 0 Å². The minimum atomic E-state index is -0.630. The zero-order valence-corrected chi connectivity index (χ0v) is 13.4. The molecule has 4 heteroatoms. The molecule has 0 heterocycles. The molecule has 0 aliphatic carbocycles. The highest BCUT2D eigenvalue weighted by molar-refractivity contribution is 9.10. The lowest BCUT2D eigenvalue weighted by Crippen LogP contribution is -2.05. The van der Waals surface area contributed by atoms with Gasteiger partial charge >= 0.3 is 0 Å². The van der Waals surface area contributed by atoms with Crippen molar-refractivity contribution < 1.29 is 5.11 Å². The average molecular weight is 360 g/mol. The summed E-state index contributed by atoms with van der Waals surface area (Å²) in [5.41, 5.74) is 2.68. The molecule has 0 saturated heterocycles. The summed E-state index contributed by atoms with van der Waals surface area (Å²) in [5, 5.41) is 11.6. The van der Waals surface area contributed by atoms with Gasteiger partial charge in [-0.1, -0.05) is 57.3 Å². The van der Waals surface area contributed by atoms with Gasteiger partial charge < -0.3 is 5.11 Å². The minimum absolute atomic E-state index is 0.399. The molecule has 1 atom stereocenters. The number of halogens is 3. The molecular formula is C15H13BrCl2O. The molecule has 2 aromatic carbocycles. The van der Waals surface area contributed by atoms with Crippen LogP contribution in [0.1, 0.15) is 22.8 Å². The fourth-order valence-electron chi connectivity index (χ4n) is 2.02. The topological polar surface area (TPSA) is 20.2 Å². The molecule has 0 amide bonds. The number of benzene rings is 2. The molecule has 0 spiro atoms. The second kappa shape index (κ2) is 6.27. The fraction of sp³-hybridized carbons (Fsp3) is 0.200. The van der Waals surface area contributed by atoms with Crippen molar-refractivity contribution in [1.82, 2.24) is 0 Å². The first-order chi connectivity index (χ1) is 9.00. The van der Waals surface area contributed by atoms with E-state index < -0.39 is 6.10 Å². The van der Waals surface area contributed by atoms with Crippen LogP contribution in [0.25, 0.3) is 0 Å². The van der Waals surface area contributed by atoms with Crippen LogP contribution in [0.15, 0.2) is 40.9 Å². The summed E-state index contributed by atoms with van der Waals surface area (Å²) in [4.78, 5) is 0. The van der Waals surface area contributed by atoms with Gasteiger partial charge in [-0.05, 0) is 41.8 Å². The Kier molecular flexibility index (Phi) is 4.91. The molecule has 0 aromatic heterocycles. The van der Waals surface area contributed by atoms with Crippen LogP contribution in [-0.4, -0.2) is 5.11 Å². The SMILES string of the molecule is Cc1c(Br)cccc1C(O)Cc1c(Cl)cccc1Cl. The number of aliphatic hydroxyl groups is 1. The number of hydrogen-bond acceptors (Lipinski definition) is 1. The van der Waals surface area contributed by atoms with E-state index in [1.54, 1.807) is 18.2 Å². The van der Waals surface area contributed by atoms with Gasteiger partial charge in [0.05, 0.1) is 6.10 Å². The third-order valence-electron chi connectivity index (χ3n) is 3.13. The molecule has 0 aliphatic heterocycles. The van der Waals surface area contributed by atoms with Crippen molar-refractivity contribution in [1.29, 1.82) is 0 Å². The van der Waals surface area contributed by atoms with Crippen LogP contribution in [0.5, 0.6) is 0 Å². The normalized spacial score (nSPS) is 12.5. The lowest BCUT2D eigenvalue weighted by molar-refractivity contribution is 0.177. The van der Waals surface area contributed by atoms with Crippen LogP contribution < -0.4 is 0 Å². The maximum Gasteiger partial charge on any atom is 0.0834 e. The standard InChI is InChI=1S/C15H13BrCl2O/c1-9-10(4-2-5-12(9)16)15(19)8-11-13(17)6-3-7-14(11)18/h2-7,15,19H,8H2,1H3. The highest BCUT2D eigenvalue weighted by Gasteiger charge is 2.16. The maximum absolute atomic E-state index is 10.4. The van der Waals surface area contributed by atoms with E-state index in [1.807, 2.05) is 25.1 Å². The highest BCUT2D eigenvalue weighted by atomic mass is 79.9. The summed E-state index contributed by atoms with van der Waals surface area (Å²) in [6, 6.07) is 11.1. The summed E-state index contributed by atoms with van der Waals surface area (Å²) < 4.78 is 0.981. The van der Waals surface area contributed by atoms with Crippen LogP contribution in [0.3, 0.4) is 0 Å². The van der Waals surface area contributed by atoms with Gasteiger partial charge in [0, 0.05) is 20.9 Å². The van der Waals surface area contributed by atoms with Crippen molar-refractivity contribution in [2.45, 2.75) is 19.4 Å². The Hall–Kier alpha value is -0.540. The van der Waals surface area contributed by atoms with Crippen molar-refractivity contribution in [2.75, 3.05) is 0 Å². The van der Waals surface area contributed by atoms with E-state index in [2.05, 4.69) is 15.9 Å². The Morgan fingerprint density at radius 3 is 2.32 bits per heavy atom. The van der Waals surface area contributed by atoms with Crippen LogP contribution in [0, 0.1) is 6.92 Å². The second-order valence-corrected chi connectivity index (χ2v) is 6.04.